The zero-order valence-corrected chi connectivity index (χ0v) is 11.4. The number of hydrogen-bond acceptors (Lipinski definition) is 5. The van der Waals surface area contributed by atoms with Gasteiger partial charge < -0.3 is 10.2 Å². The summed E-state index contributed by atoms with van der Waals surface area (Å²) in [6, 6.07) is 8.20. The number of fused-ring (bicyclic) bond motifs is 1. The second kappa shape index (κ2) is 5.07. The van der Waals surface area contributed by atoms with Gasteiger partial charge in [0.2, 0.25) is 0 Å². The van der Waals surface area contributed by atoms with Crippen molar-refractivity contribution in [1.29, 1.82) is 0 Å². The first-order valence-corrected chi connectivity index (χ1v) is 6.89. The number of nitrogens with zero attached hydrogens (tertiary/aromatic N) is 3. The summed E-state index contributed by atoms with van der Waals surface area (Å²) in [4.78, 5) is 14.3. The van der Waals surface area contributed by atoms with Gasteiger partial charge in [0.25, 0.3) is 5.91 Å². The molecule has 5 nitrogen and oxygen atoms in total. The third-order valence-electron chi connectivity index (χ3n) is 3.21. The average molecular weight is 274 g/mol. The van der Waals surface area contributed by atoms with Crippen LogP contribution in [0.3, 0.4) is 0 Å². The Morgan fingerprint density at radius 1 is 1.47 bits per heavy atom. The number of aromatic nitrogens is 2. The molecule has 0 radical (unpaired) electrons. The topological polar surface area (TPSA) is 58.1 Å². The van der Waals surface area contributed by atoms with Gasteiger partial charge >= 0.3 is 0 Å². The van der Waals surface area contributed by atoms with E-state index in [0.29, 0.717) is 12.2 Å². The summed E-state index contributed by atoms with van der Waals surface area (Å²) < 4.78 is 7.94. The number of rotatable bonds is 1. The highest BCUT2D eigenvalue weighted by molar-refractivity contribution is 6.99. The van der Waals surface area contributed by atoms with E-state index in [-0.39, 0.29) is 11.9 Å². The van der Waals surface area contributed by atoms with Gasteiger partial charge in [-0.15, -0.1) is 0 Å². The van der Waals surface area contributed by atoms with Crippen LogP contribution in [0.4, 0.5) is 5.69 Å². The van der Waals surface area contributed by atoms with Gasteiger partial charge in [0, 0.05) is 24.8 Å². The minimum atomic E-state index is -0.0863. The molecule has 1 aliphatic heterocycles. The fourth-order valence-electron chi connectivity index (χ4n) is 2.23. The molecule has 2 heterocycles. The molecule has 1 aromatic heterocycles. The lowest BCUT2D eigenvalue weighted by Crippen LogP contribution is -2.39. The van der Waals surface area contributed by atoms with E-state index in [9.17, 15) is 4.79 Å². The van der Waals surface area contributed by atoms with E-state index >= 15 is 0 Å². The van der Waals surface area contributed by atoms with Crippen molar-refractivity contribution in [3.05, 3.63) is 41.7 Å². The van der Waals surface area contributed by atoms with E-state index in [0.717, 1.165) is 29.5 Å². The predicted octanol–water partition coefficient (Wildman–Crippen LogP) is 1.68. The van der Waals surface area contributed by atoms with Gasteiger partial charge in [0.05, 0.1) is 17.9 Å². The molecule has 0 spiro atoms. The normalized spacial score (nSPS) is 18.8. The molecule has 1 N–H and O–H groups in total. The zero-order valence-electron chi connectivity index (χ0n) is 10.5. The number of benzene rings is 1. The number of hydrogen-bond donors (Lipinski definition) is 1. The second-order valence-corrected chi connectivity index (χ2v) is 5.18. The molecule has 0 bridgehead atoms. The third-order valence-corrected chi connectivity index (χ3v) is 3.68. The molecule has 1 aromatic carbocycles. The fourth-order valence-corrected chi connectivity index (χ4v) is 2.64. The number of anilines is 1. The van der Waals surface area contributed by atoms with Gasteiger partial charge in [0.1, 0.15) is 0 Å². The molecule has 0 aliphatic carbocycles. The molecule has 1 amide bonds. The van der Waals surface area contributed by atoms with Crippen LogP contribution in [-0.4, -0.2) is 27.2 Å². The summed E-state index contributed by atoms with van der Waals surface area (Å²) in [5.41, 5.74) is 2.50. The van der Waals surface area contributed by atoms with Gasteiger partial charge in [-0.1, -0.05) is 18.2 Å². The maximum atomic E-state index is 12.5. The Hall–Kier alpha value is -1.79. The zero-order chi connectivity index (χ0) is 13.2. The standard InChI is InChI=1S/C13H14N4OS/c1-9-8-17(13(18)11-7-15-19-16-11)12-5-3-2-4-10(12)6-14-9/h2-5,7,9,14H,6,8H2,1H3. The fraction of sp³-hybridized carbons (Fsp3) is 0.308. The number of nitrogens with one attached hydrogen (secondary N) is 1. The maximum Gasteiger partial charge on any atom is 0.279 e. The van der Waals surface area contributed by atoms with Gasteiger partial charge in [-0.25, -0.2) is 0 Å². The van der Waals surface area contributed by atoms with Crippen LogP contribution in [0.2, 0.25) is 0 Å². The lowest BCUT2D eigenvalue weighted by Gasteiger charge is -2.23. The van der Waals surface area contributed by atoms with Crippen molar-refractivity contribution in [2.24, 2.45) is 0 Å². The van der Waals surface area contributed by atoms with E-state index in [1.54, 1.807) is 4.90 Å². The van der Waals surface area contributed by atoms with Crippen LogP contribution >= 0.6 is 11.7 Å². The number of carbonyl (C=O) groups excluding carboxylic acids is 1. The van der Waals surface area contributed by atoms with E-state index in [4.69, 9.17) is 0 Å². The van der Waals surface area contributed by atoms with Crippen molar-refractivity contribution in [3.63, 3.8) is 0 Å². The highest BCUT2D eigenvalue weighted by Gasteiger charge is 2.26. The van der Waals surface area contributed by atoms with Gasteiger partial charge in [-0.05, 0) is 18.6 Å². The molecule has 98 valence electrons. The van der Waals surface area contributed by atoms with E-state index in [2.05, 4.69) is 21.0 Å². The van der Waals surface area contributed by atoms with Gasteiger partial charge in [-0.2, -0.15) is 8.75 Å². The summed E-state index contributed by atoms with van der Waals surface area (Å²) in [5.74, 6) is -0.0863. The molecule has 1 atom stereocenters. The first kappa shape index (κ1) is 12.3. The van der Waals surface area contributed by atoms with Crippen molar-refractivity contribution >= 4 is 23.3 Å². The Morgan fingerprint density at radius 3 is 3.11 bits per heavy atom. The third kappa shape index (κ3) is 2.36. The van der Waals surface area contributed by atoms with Crippen molar-refractivity contribution in [2.75, 3.05) is 11.4 Å². The molecule has 1 unspecified atom stereocenters. The average Bonchev–Trinajstić information content (AvgIpc) is 2.91. The molecule has 19 heavy (non-hydrogen) atoms. The van der Waals surface area contributed by atoms with Crippen molar-refractivity contribution < 1.29 is 4.79 Å². The SMILES string of the molecule is CC1CN(C(=O)c2cnsn2)c2ccccc2CN1. The Kier molecular flexibility index (Phi) is 3.27. The number of para-hydroxylation sites is 1. The van der Waals surface area contributed by atoms with Crippen LogP contribution in [-0.2, 0) is 6.54 Å². The van der Waals surface area contributed by atoms with Crippen molar-refractivity contribution in [3.8, 4) is 0 Å². The molecule has 0 saturated carbocycles. The first-order chi connectivity index (χ1) is 9.25. The van der Waals surface area contributed by atoms with Crippen molar-refractivity contribution in [2.45, 2.75) is 19.5 Å². The Morgan fingerprint density at radius 2 is 2.32 bits per heavy atom. The summed E-state index contributed by atoms with van der Waals surface area (Å²) in [6.07, 6.45) is 1.53. The number of carbonyl (C=O) groups is 1. The summed E-state index contributed by atoms with van der Waals surface area (Å²) >= 11 is 1.06. The Balaban J connectivity index is 2.01. The Bertz CT molecular complexity index is 584. The molecule has 3 rings (SSSR count). The summed E-state index contributed by atoms with van der Waals surface area (Å²) in [5, 5.41) is 3.40. The first-order valence-electron chi connectivity index (χ1n) is 6.16. The van der Waals surface area contributed by atoms with Gasteiger partial charge in [0.15, 0.2) is 5.69 Å². The minimum Gasteiger partial charge on any atom is -0.308 e. The smallest absolute Gasteiger partial charge is 0.279 e. The van der Waals surface area contributed by atoms with Crippen molar-refractivity contribution in [1.82, 2.24) is 14.1 Å². The van der Waals surface area contributed by atoms with Crippen LogP contribution in [0.5, 0.6) is 0 Å². The second-order valence-electron chi connectivity index (χ2n) is 4.62. The van der Waals surface area contributed by atoms with E-state index < -0.39 is 0 Å². The van der Waals surface area contributed by atoms with E-state index in [1.165, 1.54) is 6.20 Å². The summed E-state index contributed by atoms with van der Waals surface area (Å²) in [7, 11) is 0. The van der Waals surface area contributed by atoms with Crippen LogP contribution < -0.4 is 10.2 Å². The molecule has 1 aliphatic rings. The molecular formula is C13H14N4OS. The summed E-state index contributed by atoms with van der Waals surface area (Å²) in [6.45, 7) is 3.48. The molecule has 2 aromatic rings. The largest absolute Gasteiger partial charge is 0.308 e. The van der Waals surface area contributed by atoms with Crippen LogP contribution in [0.1, 0.15) is 23.0 Å². The molecule has 0 saturated heterocycles. The van der Waals surface area contributed by atoms with Crippen LogP contribution in [0.25, 0.3) is 0 Å². The Labute approximate surface area is 115 Å². The van der Waals surface area contributed by atoms with Gasteiger partial charge in [-0.3, -0.25) is 4.79 Å². The van der Waals surface area contributed by atoms with Crippen LogP contribution in [0.15, 0.2) is 30.5 Å². The maximum absolute atomic E-state index is 12.5. The number of amides is 1. The molecule has 6 heteroatoms. The highest BCUT2D eigenvalue weighted by atomic mass is 32.1. The molecular weight excluding hydrogens is 260 g/mol. The predicted molar refractivity (Wildman–Crippen MR) is 74.3 cm³/mol. The molecule has 0 fully saturated rings. The monoisotopic (exact) mass is 274 g/mol. The lowest BCUT2D eigenvalue weighted by molar-refractivity contribution is 0.0981. The van der Waals surface area contributed by atoms with Crippen LogP contribution in [0, 0.1) is 0 Å². The highest BCUT2D eigenvalue weighted by Crippen LogP contribution is 2.24. The minimum absolute atomic E-state index is 0.0863. The van der Waals surface area contributed by atoms with E-state index in [1.807, 2.05) is 24.3 Å². The quantitative estimate of drug-likeness (QED) is 0.859. The lowest BCUT2D eigenvalue weighted by atomic mass is 10.1.